The van der Waals surface area contributed by atoms with Crippen LogP contribution in [0.4, 0.5) is 0 Å². The molecule has 0 aliphatic heterocycles. The fourth-order valence-corrected chi connectivity index (χ4v) is 4.12. The molecule has 162 valence electrons. The third-order valence-corrected chi connectivity index (χ3v) is 5.90. The van der Waals surface area contributed by atoms with Crippen molar-refractivity contribution in [2.24, 2.45) is 11.8 Å². The van der Waals surface area contributed by atoms with Crippen molar-refractivity contribution >= 4 is 11.9 Å². The number of carbonyl (C=O) groups excluding carboxylic acids is 2. The highest BCUT2D eigenvalue weighted by Crippen LogP contribution is 2.29. The summed E-state index contributed by atoms with van der Waals surface area (Å²) >= 11 is 0. The van der Waals surface area contributed by atoms with Crippen LogP contribution < -0.4 is 5.32 Å². The molecule has 0 atom stereocenters. The molecule has 1 N–H and O–H groups in total. The molecule has 2 aromatic heterocycles. The molecule has 2 heterocycles. The van der Waals surface area contributed by atoms with E-state index in [9.17, 15) is 9.59 Å². The summed E-state index contributed by atoms with van der Waals surface area (Å²) in [5, 5.41) is 3.05. The highest BCUT2D eigenvalue weighted by Gasteiger charge is 2.27. The van der Waals surface area contributed by atoms with Gasteiger partial charge in [0.05, 0.1) is 25.3 Å². The molecule has 1 fully saturated rings. The van der Waals surface area contributed by atoms with Crippen LogP contribution in [-0.2, 0) is 16.1 Å². The molecule has 1 aliphatic rings. The van der Waals surface area contributed by atoms with E-state index in [1.807, 2.05) is 53.2 Å². The van der Waals surface area contributed by atoms with Crippen molar-refractivity contribution in [1.29, 1.82) is 0 Å². The van der Waals surface area contributed by atoms with Crippen LogP contribution in [0.5, 0.6) is 0 Å². The minimum absolute atomic E-state index is 0.00239. The summed E-state index contributed by atoms with van der Waals surface area (Å²) in [5.74, 6) is 0.724. The first-order valence-corrected chi connectivity index (χ1v) is 10.6. The van der Waals surface area contributed by atoms with Crippen LogP contribution in [-0.4, -0.2) is 35.1 Å². The number of rotatable bonds is 7. The number of aromatic nitrogens is 2. The third-order valence-electron chi connectivity index (χ3n) is 5.90. The Morgan fingerprint density at radius 3 is 2.65 bits per heavy atom. The SMILES string of the molecule is COC(=O)C1CCC(CNC(=O)c2cccn2Cc2coc(-c3ccccc3)n2)CC1. The highest BCUT2D eigenvalue weighted by molar-refractivity contribution is 5.92. The summed E-state index contributed by atoms with van der Waals surface area (Å²) in [6.45, 7) is 1.07. The van der Waals surface area contributed by atoms with E-state index in [4.69, 9.17) is 9.15 Å². The van der Waals surface area contributed by atoms with E-state index in [0.717, 1.165) is 36.9 Å². The Balaban J connectivity index is 1.32. The number of amides is 1. The fraction of sp³-hybridized carbons (Fsp3) is 0.375. The number of methoxy groups -OCH3 is 1. The molecule has 0 bridgehead atoms. The number of nitrogens with one attached hydrogen (secondary N) is 1. The summed E-state index contributed by atoms with van der Waals surface area (Å²) in [6.07, 6.45) is 6.97. The number of hydrogen-bond donors (Lipinski definition) is 1. The Kier molecular flexibility index (Phi) is 6.50. The predicted octanol–water partition coefficient (Wildman–Crippen LogP) is 3.90. The molecule has 0 radical (unpaired) electrons. The summed E-state index contributed by atoms with van der Waals surface area (Å²) in [4.78, 5) is 29.0. The maximum atomic E-state index is 12.8. The Morgan fingerprint density at radius 2 is 1.90 bits per heavy atom. The molecule has 1 aliphatic carbocycles. The van der Waals surface area contributed by atoms with Crippen molar-refractivity contribution < 1.29 is 18.7 Å². The van der Waals surface area contributed by atoms with Gasteiger partial charge in [-0.3, -0.25) is 9.59 Å². The van der Waals surface area contributed by atoms with Crippen LogP contribution in [0, 0.1) is 11.8 Å². The monoisotopic (exact) mass is 421 g/mol. The number of carbonyl (C=O) groups is 2. The van der Waals surface area contributed by atoms with Gasteiger partial charge in [0.2, 0.25) is 5.89 Å². The van der Waals surface area contributed by atoms with Gasteiger partial charge in [-0.05, 0) is 55.9 Å². The van der Waals surface area contributed by atoms with Gasteiger partial charge < -0.3 is 19.0 Å². The molecule has 0 saturated heterocycles. The minimum atomic E-state index is -0.122. The van der Waals surface area contributed by atoms with Gasteiger partial charge in [0.1, 0.15) is 12.0 Å². The van der Waals surface area contributed by atoms with E-state index in [1.54, 1.807) is 6.26 Å². The maximum absolute atomic E-state index is 12.8. The van der Waals surface area contributed by atoms with Gasteiger partial charge >= 0.3 is 5.97 Å². The van der Waals surface area contributed by atoms with Crippen LogP contribution in [0.25, 0.3) is 11.5 Å². The lowest BCUT2D eigenvalue weighted by Crippen LogP contribution is -2.33. The van der Waals surface area contributed by atoms with Crippen LogP contribution in [0.3, 0.4) is 0 Å². The largest absolute Gasteiger partial charge is 0.469 e. The van der Waals surface area contributed by atoms with Crippen molar-refractivity contribution in [2.75, 3.05) is 13.7 Å². The molecule has 7 nitrogen and oxygen atoms in total. The van der Waals surface area contributed by atoms with Crippen molar-refractivity contribution in [3.63, 3.8) is 0 Å². The van der Waals surface area contributed by atoms with Gasteiger partial charge in [-0.2, -0.15) is 0 Å². The van der Waals surface area contributed by atoms with E-state index < -0.39 is 0 Å². The molecular formula is C24H27N3O4. The van der Waals surface area contributed by atoms with Crippen LogP contribution in [0.1, 0.15) is 41.9 Å². The first-order valence-electron chi connectivity index (χ1n) is 10.6. The molecule has 3 aromatic rings. The number of benzene rings is 1. The lowest BCUT2D eigenvalue weighted by Gasteiger charge is -2.27. The second-order valence-electron chi connectivity index (χ2n) is 7.98. The first kappa shape index (κ1) is 20.9. The quantitative estimate of drug-likeness (QED) is 0.585. The Bertz CT molecular complexity index is 1020. The third kappa shape index (κ3) is 5.05. The van der Waals surface area contributed by atoms with E-state index in [0.29, 0.717) is 30.6 Å². The van der Waals surface area contributed by atoms with E-state index >= 15 is 0 Å². The second kappa shape index (κ2) is 9.64. The Morgan fingerprint density at radius 1 is 1.13 bits per heavy atom. The lowest BCUT2D eigenvalue weighted by atomic mass is 9.82. The molecule has 4 rings (SSSR count). The number of nitrogens with zero attached hydrogens (tertiary/aromatic N) is 2. The Hall–Kier alpha value is -3.35. The summed E-state index contributed by atoms with van der Waals surface area (Å²) in [5.41, 5.74) is 2.26. The van der Waals surface area contributed by atoms with Crippen LogP contribution in [0.15, 0.2) is 59.3 Å². The molecule has 31 heavy (non-hydrogen) atoms. The summed E-state index contributed by atoms with van der Waals surface area (Å²) < 4.78 is 12.3. The van der Waals surface area contributed by atoms with Gasteiger partial charge in [0, 0.05) is 18.3 Å². The summed E-state index contributed by atoms with van der Waals surface area (Å²) in [6, 6.07) is 13.4. The number of ether oxygens (including phenoxy) is 1. The molecule has 0 spiro atoms. The van der Waals surface area contributed by atoms with Crippen molar-refractivity contribution in [3.05, 3.63) is 66.3 Å². The van der Waals surface area contributed by atoms with Crippen LogP contribution in [0.2, 0.25) is 0 Å². The van der Waals surface area contributed by atoms with Crippen LogP contribution >= 0.6 is 0 Å². The second-order valence-corrected chi connectivity index (χ2v) is 7.98. The molecule has 1 amide bonds. The highest BCUT2D eigenvalue weighted by atomic mass is 16.5. The standard InChI is InChI=1S/C24H27N3O4/c1-30-24(29)19-11-9-17(10-12-19)14-25-22(28)21-8-5-13-27(21)15-20-16-31-23(26-20)18-6-3-2-4-7-18/h2-8,13,16-17,19H,9-12,14-15H2,1H3,(H,25,28). The molecule has 1 aromatic carbocycles. The normalized spacial score (nSPS) is 18.5. The van der Waals surface area contributed by atoms with Gasteiger partial charge in [0.15, 0.2) is 0 Å². The zero-order chi connectivity index (χ0) is 21.6. The van der Waals surface area contributed by atoms with E-state index in [2.05, 4.69) is 10.3 Å². The molecule has 7 heteroatoms. The predicted molar refractivity (Wildman–Crippen MR) is 115 cm³/mol. The van der Waals surface area contributed by atoms with Gasteiger partial charge in [0.25, 0.3) is 5.91 Å². The van der Waals surface area contributed by atoms with E-state index in [-0.39, 0.29) is 17.8 Å². The lowest BCUT2D eigenvalue weighted by molar-refractivity contribution is -0.146. The van der Waals surface area contributed by atoms with Gasteiger partial charge in [-0.25, -0.2) is 4.98 Å². The van der Waals surface area contributed by atoms with Crippen molar-refractivity contribution in [2.45, 2.75) is 32.2 Å². The van der Waals surface area contributed by atoms with Crippen molar-refractivity contribution in [1.82, 2.24) is 14.9 Å². The molecule has 0 unspecified atom stereocenters. The Labute approximate surface area is 181 Å². The number of esters is 1. The average molecular weight is 421 g/mol. The fourth-order valence-electron chi connectivity index (χ4n) is 4.12. The van der Waals surface area contributed by atoms with Gasteiger partial charge in [-0.1, -0.05) is 18.2 Å². The topological polar surface area (TPSA) is 86.4 Å². The zero-order valence-electron chi connectivity index (χ0n) is 17.6. The first-order chi connectivity index (χ1) is 15.1. The van der Waals surface area contributed by atoms with Gasteiger partial charge in [-0.15, -0.1) is 0 Å². The summed E-state index contributed by atoms with van der Waals surface area (Å²) in [7, 11) is 1.44. The molecule has 1 saturated carbocycles. The smallest absolute Gasteiger partial charge is 0.308 e. The van der Waals surface area contributed by atoms with Crippen molar-refractivity contribution in [3.8, 4) is 11.5 Å². The number of oxazole rings is 1. The maximum Gasteiger partial charge on any atom is 0.308 e. The zero-order valence-corrected chi connectivity index (χ0v) is 17.6. The van der Waals surface area contributed by atoms with E-state index in [1.165, 1.54) is 7.11 Å². The number of hydrogen-bond acceptors (Lipinski definition) is 5. The average Bonchev–Trinajstić information content (AvgIpc) is 3.48. The minimum Gasteiger partial charge on any atom is -0.469 e. The molecular weight excluding hydrogens is 394 g/mol.